The summed E-state index contributed by atoms with van der Waals surface area (Å²) in [5.41, 5.74) is -0.781. The van der Waals surface area contributed by atoms with E-state index in [1.165, 1.54) is 11.3 Å². The van der Waals surface area contributed by atoms with E-state index in [-0.39, 0.29) is 5.91 Å². The van der Waals surface area contributed by atoms with Crippen molar-refractivity contribution in [3.8, 4) is 6.07 Å². The molecule has 0 radical (unpaired) electrons. The maximum Gasteiger partial charge on any atom is 0.240 e. The molecular formula is C11H13N3OS. The van der Waals surface area contributed by atoms with Gasteiger partial charge in [-0.15, -0.1) is 11.3 Å². The smallest absolute Gasteiger partial charge is 0.240 e. The first kappa shape index (κ1) is 11.1. The van der Waals surface area contributed by atoms with Crippen molar-refractivity contribution < 1.29 is 4.79 Å². The van der Waals surface area contributed by atoms with Gasteiger partial charge in [0.1, 0.15) is 10.4 Å². The van der Waals surface area contributed by atoms with Gasteiger partial charge in [0.25, 0.3) is 0 Å². The van der Waals surface area contributed by atoms with Crippen LogP contribution >= 0.6 is 11.3 Å². The molecule has 1 amide bonds. The Bertz CT molecular complexity index is 415. The van der Waals surface area contributed by atoms with Crippen LogP contribution in [0.25, 0.3) is 0 Å². The SMILES string of the molecule is CC1CC(C#N)(C(=O)NCc2nccs2)C1. The Hall–Kier alpha value is -1.41. The topological polar surface area (TPSA) is 65.8 Å². The second-order valence-electron chi connectivity index (χ2n) is 4.32. The lowest BCUT2D eigenvalue weighted by atomic mass is 9.63. The van der Waals surface area contributed by atoms with Gasteiger partial charge in [0.15, 0.2) is 0 Å². The van der Waals surface area contributed by atoms with Gasteiger partial charge in [0.05, 0.1) is 12.6 Å². The summed E-state index contributed by atoms with van der Waals surface area (Å²) in [7, 11) is 0. The van der Waals surface area contributed by atoms with Gasteiger partial charge >= 0.3 is 0 Å². The van der Waals surface area contributed by atoms with Crippen LogP contribution in [0.2, 0.25) is 0 Å². The van der Waals surface area contributed by atoms with Crippen LogP contribution in [0.5, 0.6) is 0 Å². The fraction of sp³-hybridized carbons (Fsp3) is 0.545. The first-order valence-electron chi connectivity index (χ1n) is 5.24. The molecule has 2 rings (SSSR count). The lowest BCUT2D eigenvalue weighted by Crippen LogP contribution is -2.47. The van der Waals surface area contributed by atoms with E-state index >= 15 is 0 Å². The zero-order valence-electron chi connectivity index (χ0n) is 9.06. The Morgan fingerprint density at radius 2 is 2.56 bits per heavy atom. The summed E-state index contributed by atoms with van der Waals surface area (Å²) in [5.74, 6) is 0.327. The van der Waals surface area contributed by atoms with Crippen LogP contribution in [0.15, 0.2) is 11.6 Å². The number of thiazole rings is 1. The average Bonchev–Trinajstić information content (AvgIpc) is 2.73. The first-order chi connectivity index (χ1) is 7.66. The summed E-state index contributed by atoms with van der Waals surface area (Å²) >= 11 is 1.50. The summed E-state index contributed by atoms with van der Waals surface area (Å²) in [6.07, 6.45) is 3.05. The molecule has 5 heteroatoms. The van der Waals surface area contributed by atoms with Crippen LogP contribution in [0.3, 0.4) is 0 Å². The minimum atomic E-state index is -0.781. The van der Waals surface area contributed by atoms with Crippen LogP contribution in [0.1, 0.15) is 24.8 Å². The molecule has 16 heavy (non-hydrogen) atoms. The molecule has 1 aromatic rings. The lowest BCUT2D eigenvalue weighted by Gasteiger charge is -2.39. The van der Waals surface area contributed by atoms with Crippen LogP contribution in [-0.2, 0) is 11.3 Å². The Morgan fingerprint density at radius 1 is 1.81 bits per heavy atom. The number of nitrogens with one attached hydrogen (secondary N) is 1. The molecular weight excluding hydrogens is 222 g/mol. The minimum absolute atomic E-state index is 0.150. The molecule has 1 aliphatic rings. The third-order valence-corrected chi connectivity index (χ3v) is 3.71. The van der Waals surface area contributed by atoms with Crippen molar-refractivity contribution >= 4 is 17.2 Å². The van der Waals surface area contributed by atoms with Crippen LogP contribution < -0.4 is 5.32 Å². The third-order valence-electron chi connectivity index (χ3n) is 2.93. The first-order valence-corrected chi connectivity index (χ1v) is 6.12. The van der Waals surface area contributed by atoms with E-state index in [4.69, 9.17) is 5.26 Å². The molecule has 84 valence electrons. The maximum atomic E-state index is 11.9. The lowest BCUT2D eigenvalue weighted by molar-refractivity contribution is -0.134. The number of aromatic nitrogens is 1. The predicted octanol–water partition coefficient (Wildman–Crippen LogP) is 1.70. The van der Waals surface area contributed by atoms with Gasteiger partial charge in [-0.2, -0.15) is 5.26 Å². The van der Waals surface area contributed by atoms with E-state index in [1.807, 2.05) is 5.38 Å². The normalized spacial score (nSPS) is 27.9. The molecule has 4 nitrogen and oxygen atoms in total. The number of nitriles is 1. The molecule has 1 fully saturated rings. The quantitative estimate of drug-likeness (QED) is 0.867. The molecule has 1 aliphatic carbocycles. The van der Waals surface area contributed by atoms with Crippen molar-refractivity contribution in [2.75, 3.05) is 0 Å². The van der Waals surface area contributed by atoms with E-state index in [1.54, 1.807) is 6.20 Å². The van der Waals surface area contributed by atoms with Gasteiger partial charge in [0.2, 0.25) is 5.91 Å². The summed E-state index contributed by atoms with van der Waals surface area (Å²) in [6.45, 7) is 2.48. The average molecular weight is 235 g/mol. The van der Waals surface area contributed by atoms with E-state index < -0.39 is 5.41 Å². The van der Waals surface area contributed by atoms with E-state index in [0.717, 1.165) is 5.01 Å². The van der Waals surface area contributed by atoms with Crippen molar-refractivity contribution in [1.82, 2.24) is 10.3 Å². The standard InChI is InChI=1S/C11H13N3OS/c1-8-4-11(5-8,7-12)10(15)14-6-9-13-2-3-16-9/h2-3,8H,4-6H2,1H3,(H,14,15). The number of nitrogens with zero attached hydrogens (tertiary/aromatic N) is 2. The molecule has 0 aliphatic heterocycles. The molecule has 0 unspecified atom stereocenters. The van der Waals surface area contributed by atoms with E-state index in [0.29, 0.717) is 25.3 Å². The highest BCUT2D eigenvalue weighted by atomic mass is 32.1. The molecule has 0 atom stereocenters. The van der Waals surface area contributed by atoms with Crippen molar-refractivity contribution in [3.63, 3.8) is 0 Å². The van der Waals surface area contributed by atoms with Gasteiger partial charge in [-0.1, -0.05) is 6.92 Å². The highest BCUT2D eigenvalue weighted by Crippen LogP contribution is 2.45. The van der Waals surface area contributed by atoms with Crippen LogP contribution in [0.4, 0.5) is 0 Å². The molecule has 0 saturated heterocycles. The molecule has 1 aromatic heterocycles. The van der Waals surface area contributed by atoms with E-state index in [9.17, 15) is 4.79 Å². The summed E-state index contributed by atoms with van der Waals surface area (Å²) in [6, 6.07) is 2.15. The van der Waals surface area contributed by atoms with Crippen LogP contribution in [0, 0.1) is 22.7 Å². The molecule has 0 aromatic carbocycles. The van der Waals surface area contributed by atoms with E-state index in [2.05, 4.69) is 23.3 Å². The Morgan fingerprint density at radius 3 is 3.06 bits per heavy atom. The number of hydrogen-bond donors (Lipinski definition) is 1. The predicted molar refractivity (Wildman–Crippen MR) is 60.4 cm³/mol. The van der Waals surface area contributed by atoms with Gasteiger partial charge in [-0.25, -0.2) is 4.98 Å². The highest BCUT2D eigenvalue weighted by molar-refractivity contribution is 7.09. The van der Waals surface area contributed by atoms with Gasteiger partial charge in [-0.3, -0.25) is 4.79 Å². The Labute approximate surface area is 98.3 Å². The second kappa shape index (κ2) is 4.22. The van der Waals surface area contributed by atoms with Gasteiger partial charge in [-0.05, 0) is 18.8 Å². The number of amides is 1. The number of carbonyl (C=O) groups excluding carboxylic acids is 1. The van der Waals surface area contributed by atoms with Crippen molar-refractivity contribution in [2.45, 2.75) is 26.3 Å². The number of hydrogen-bond acceptors (Lipinski definition) is 4. The van der Waals surface area contributed by atoms with Gasteiger partial charge < -0.3 is 5.32 Å². The molecule has 0 spiro atoms. The summed E-state index contributed by atoms with van der Waals surface area (Å²) < 4.78 is 0. The van der Waals surface area contributed by atoms with Crippen molar-refractivity contribution in [1.29, 1.82) is 5.26 Å². The largest absolute Gasteiger partial charge is 0.348 e. The molecule has 1 N–H and O–H groups in total. The molecule has 1 saturated carbocycles. The molecule has 1 heterocycles. The highest BCUT2D eigenvalue weighted by Gasteiger charge is 2.48. The monoisotopic (exact) mass is 235 g/mol. The van der Waals surface area contributed by atoms with Crippen molar-refractivity contribution in [2.24, 2.45) is 11.3 Å². The van der Waals surface area contributed by atoms with Crippen LogP contribution in [-0.4, -0.2) is 10.9 Å². The minimum Gasteiger partial charge on any atom is -0.348 e. The Kier molecular flexibility index (Phi) is 2.92. The zero-order chi connectivity index (χ0) is 11.6. The fourth-order valence-corrected chi connectivity index (χ4v) is 2.68. The zero-order valence-corrected chi connectivity index (χ0v) is 9.88. The van der Waals surface area contributed by atoms with Crippen molar-refractivity contribution in [3.05, 3.63) is 16.6 Å². The summed E-state index contributed by atoms with van der Waals surface area (Å²) in [5, 5.41) is 14.6. The van der Waals surface area contributed by atoms with Gasteiger partial charge in [0, 0.05) is 11.6 Å². The summed E-state index contributed by atoms with van der Waals surface area (Å²) in [4.78, 5) is 15.9. The second-order valence-corrected chi connectivity index (χ2v) is 5.29. The Balaban J connectivity index is 1.91. The maximum absolute atomic E-state index is 11.9. The number of carbonyl (C=O) groups is 1. The third kappa shape index (κ3) is 1.93. The molecule has 0 bridgehead atoms. The number of rotatable bonds is 3. The fourth-order valence-electron chi connectivity index (χ4n) is 2.12.